The lowest BCUT2D eigenvalue weighted by Gasteiger charge is -2.31. The van der Waals surface area contributed by atoms with E-state index in [9.17, 15) is 9.59 Å². The van der Waals surface area contributed by atoms with E-state index in [1.807, 2.05) is 77.1 Å². The van der Waals surface area contributed by atoms with E-state index in [-0.39, 0.29) is 24.5 Å². The van der Waals surface area contributed by atoms with Gasteiger partial charge in [0, 0.05) is 17.1 Å². The normalized spacial score (nSPS) is 12.7. The number of nitrogens with one attached hydrogen (secondary N) is 1. The van der Waals surface area contributed by atoms with Gasteiger partial charge in [-0.3, -0.25) is 9.59 Å². The van der Waals surface area contributed by atoms with Gasteiger partial charge in [-0.15, -0.1) is 0 Å². The fraction of sp³-hybridized carbons (Fsp3) is 0.440. The minimum Gasteiger partial charge on any atom is -0.484 e. The summed E-state index contributed by atoms with van der Waals surface area (Å²) < 4.78 is 6.76. The van der Waals surface area contributed by atoms with Gasteiger partial charge in [0.05, 0.1) is 0 Å². The van der Waals surface area contributed by atoms with Crippen molar-refractivity contribution >= 4 is 27.7 Å². The number of aryl methyl sites for hydroxylation is 2. The maximum absolute atomic E-state index is 13.2. The van der Waals surface area contributed by atoms with Crippen LogP contribution in [0.1, 0.15) is 50.3 Å². The van der Waals surface area contributed by atoms with Crippen molar-refractivity contribution in [2.75, 3.05) is 6.61 Å². The van der Waals surface area contributed by atoms with Crippen LogP contribution in [0, 0.1) is 13.8 Å². The Hall–Kier alpha value is -2.34. The van der Waals surface area contributed by atoms with E-state index < -0.39 is 6.04 Å². The van der Waals surface area contributed by atoms with Gasteiger partial charge in [0.1, 0.15) is 11.8 Å². The summed E-state index contributed by atoms with van der Waals surface area (Å²) in [5.41, 5.74) is 3.16. The summed E-state index contributed by atoms with van der Waals surface area (Å²) in [6.45, 7) is 10.1. The predicted octanol–water partition coefficient (Wildman–Crippen LogP) is 5.17. The molecule has 0 spiro atoms. The third kappa shape index (κ3) is 7.39. The number of carbonyl (C=O) groups excluding carboxylic acids is 2. The zero-order valence-electron chi connectivity index (χ0n) is 19.1. The number of carbonyl (C=O) groups is 2. The Morgan fingerprint density at radius 3 is 2.32 bits per heavy atom. The lowest BCUT2D eigenvalue weighted by Crippen LogP contribution is -2.51. The number of amides is 2. The molecule has 0 fully saturated rings. The number of benzene rings is 2. The van der Waals surface area contributed by atoms with Gasteiger partial charge < -0.3 is 15.0 Å². The van der Waals surface area contributed by atoms with E-state index >= 15 is 0 Å². The molecule has 0 aliphatic heterocycles. The van der Waals surface area contributed by atoms with E-state index in [2.05, 4.69) is 21.2 Å². The Balaban J connectivity index is 2.21. The third-order valence-corrected chi connectivity index (χ3v) is 6.24. The fourth-order valence-electron chi connectivity index (χ4n) is 3.19. The van der Waals surface area contributed by atoms with Crippen molar-refractivity contribution in [2.45, 2.75) is 66.1 Å². The van der Waals surface area contributed by atoms with Gasteiger partial charge in [0.25, 0.3) is 5.91 Å². The highest BCUT2D eigenvalue weighted by atomic mass is 79.9. The Bertz CT molecular complexity index is 883. The number of hydrogen-bond acceptors (Lipinski definition) is 3. The highest BCUT2D eigenvalue weighted by molar-refractivity contribution is 9.10. The summed E-state index contributed by atoms with van der Waals surface area (Å²) in [5.74, 6) is 0.283. The molecule has 2 atom stereocenters. The number of nitrogens with zero attached hydrogens (tertiary/aromatic N) is 1. The van der Waals surface area contributed by atoms with Crippen LogP contribution in [-0.4, -0.2) is 35.4 Å². The number of hydrogen-bond donors (Lipinski definition) is 1. The molecule has 0 aliphatic carbocycles. The van der Waals surface area contributed by atoms with Gasteiger partial charge in [-0.1, -0.05) is 59.6 Å². The van der Waals surface area contributed by atoms with Crippen LogP contribution in [0.3, 0.4) is 0 Å². The molecule has 2 aromatic carbocycles. The van der Waals surface area contributed by atoms with E-state index in [4.69, 9.17) is 4.74 Å². The molecule has 0 radical (unpaired) electrons. The van der Waals surface area contributed by atoms with Gasteiger partial charge in [-0.25, -0.2) is 0 Å². The van der Waals surface area contributed by atoms with Gasteiger partial charge >= 0.3 is 0 Å². The summed E-state index contributed by atoms with van der Waals surface area (Å²) in [6, 6.07) is 13.1. The molecule has 2 rings (SSSR count). The standard InChI is InChI=1S/C25H33BrN2O3/c1-6-19(5)27-25(30)23(7-2)28(15-20-10-8-17(3)9-11-20)24(29)16-31-21-12-13-22(26)18(4)14-21/h8-14,19,23H,6-7,15-16H2,1-5H3,(H,27,30). The molecule has 5 nitrogen and oxygen atoms in total. The smallest absolute Gasteiger partial charge is 0.261 e. The van der Waals surface area contributed by atoms with Gasteiger partial charge in [0.2, 0.25) is 5.91 Å². The topological polar surface area (TPSA) is 58.6 Å². The molecule has 1 N–H and O–H groups in total. The van der Waals surface area contributed by atoms with Crippen LogP contribution in [0.15, 0.2) is 46.9 Å². The first-order valence-electron chi connectivity index (χ1n) is 10.8. The molecule has 0 bridgehead atoms. The fourth-order valence-corrected chi connectivity index (χ4v) is 3.43. The summed E-state index contributed by atoms with van der Waals surface area (Å²) in [7, 11) is 0. The van der Waals surface area contributed by atoms with Gasteiger partial charge in [-0.2, -0.15) is 0 Å². The molecule has 0 heterocycles. The van der Waals surface area contributed by atoms with Crippen molar-refractivity contribution in [3.63, 3.8) is 0 Å². The lowest BCUT2D eigenvalue weighted by atomic mass is 10.1. The van der Waals surface area contributed by atoms with E-state index in [0.29, 0.717) is 18.7 Å². The van der Waals surface area contributed by atoms with Crippen LogP contribution >= 0.6 is 15.9 Å². The molecule has 2 unspecified atom stereocenters. The molecule has 0 saturated carbocycles. The maximum atomic E-state index is 13.2. The van der Waals surface area contributed by atoms with Crippen molar-refractivity contribution in [3.05, 3.63) is 63.6 Å². The van der Waals surface area contributed by atoms with E-state index in [0.717, 1.165) is 27.6 Å². The molecular weight excluding hydrogens is 456 g/mol. The van der Waals surface area contributed by atoms with E-state index in [1.54, 1.807) is 4.90 Å². The lowest BCUT2D eigenvalue weighted by molar-refractivity contribution is -0.143. The largest absolute Gasteiger partial charge is 0.484 e. The van der Waals surface area contributed by atoms with Crippen LogP contribution in [0.4, 0.5) is 0 Å². The zero-order chi connectivity index (χ0) is 23.0. The number of rotatable bonds is 10. The SMILES string of the molecule is CCC(C)NC(=O)C(CC)N(Cc1ccc(C)cc1)C(=O)COc1ccc(Br)c(C)c1. The molecule has 0 saturated heterocycles. The second-order valence-corrected chi connectivity index (χ2v) is 8.80. The zero-order valence-corrected chi connectivity index (χ0v) is 20.7. The van der Waals surface area contributed by atoms with Crippen molar-refractivity contribution in [2.24, 2.45) is 0 Å². The molecule has 2 aromatic rings. The van der Waals surface area contributed by atoms with E-state index in [1.165, 1.54) is 0 Å². The monoisotopic (exact) mass is 488 g/mol. The average molecular weight is 489 g/mol. The highest BCUT2D eigenvalue weighted by Crippen LogP contribution is 2.22. The van der Waals surface area contributed by atoms with Crippen LogP contribution in [-0.2, 0) is 16.1 Å². The number of ether oxygens (including phenoxy) is 1. The minimum atomic E-state index is -0.557. The molecule has 2 amide bonds. The van der Waals surface area contributed by atoms with Crippen molar-refractivity contribution in [1.29, 1.82) is 0 Å². The number of halogens is 1. The third-order valence-electron chi connectivity index (χ3n) is 5.35. The minimum absolute atomic E-state index is 0.0554. The summed E-state index contributed by atoms with van der Waals surface area (Å²) in [4.78, 5) is 27.8. The van der Waals surface area contributed by atoms with Crippen LogP contribution < -0.4 is 10.1 Å². The summed E-state index contributed by atoms with van der Waals surface area (Å²) >= 11 is 3.47. The molecule has 31 heavy (non-hydrogen) atoms. The molecule has 6 heteroatoms. The second-order valence-electron chi connectivity index (χ2n) is 7.95. The van der Waals surface area contributed by atoms with Crippen LogP contribution in [0.2, 0.25) is 0 Å². The summed E-state index contributed by atoms with van der Waals surface area (Å²) in [5, 5.41) is 3.02. The van der Waals surface area contributed by atoms with Gasteiger partial charge in [-0.05, 0) is 62.9 Å². The first-order chi connectivity index (χ1) is 14.7. The van der Waals surface area contributed by atoms with Crippen LogP contribution in [0.25, 0.3) is 0 Å². The van der Waals surface area contributed by atoms with Crippen molar-refractivity contribution in [1.82, 2.24) is 10.2 Å². The quantitative estimate of drug-likeness (QED) is 0.501. The maximum Gasteiger partial charge on any atom is 0.261 e. The first kappa shape index (κ1) is 24.9. The first-order valence-corrected chi connectivity index (χ1v) is 11.6. The Kier molecular flexibility index (Phi) is 9.56. The summed E-state index contributed by atoms with van der Waals surface area (Å²) in [6.07, 6.45) is 1.36. The predicted molar refractivity (Wildman–Crippen MR) is 128 cm³/mol. The molecular formula is C25H33BrN2O3. The Morgan fingerprint density at radius 2 is 1.74 bits per heavy atom. The van der Waals surface area contributed by atoms with Crippen molar-refractivity contribution < 1.29 is 14.3 Å². The molecule has 0 aliphatic rings. The van der Waals surface area contributed by atoms with Crippen molar-refractivity contribution in [3.8, 4) is 5.75 Å². The Labute approximate surface area is 194 Å². The molecule has 0 aromatic heterocycles. The van der Waals surface area contributed by atoms with Crippen LogP contribution in [0.5, 0.6) is 5.75 Å². The highest BCUT2D eigenvalue weighted by Gasteiger charge is 2.29. The Morgan fingerprint density at radius 1 is 1.06 bits per heavy atom. The molecule has 168 valence electrons. The van der Waals surface area contributed by atoms with Gasteiger partial charge in [0.15, 0.2) is 6.61 Å². The average Bonchev–Trinajstić information content (AvgIpc) is 2.75. The second kappa shape index (κ2) is 11.9.